The van der Waals surface area contributed by atoms with Crippen LogP contribution in [0.5, 0.6) is 0 Å². The van der Waals surface area contributed by atoms with Gasteiger partial charge in [0.25, 0.3) is 0 Å². The Morgan fingerprint density at radius 3 is 1.88 bits per heavy atom. The largest absolute Gasteiger partial charge is 0.132 e. The molecule has 0 nitrogen and oxygen atoms in total. The van der Waals surface area contributed by atoms with E-state index in [4.69, 9.17) is 0 Å². The first kappa shape index (κ1) is 16.0. The number of hydrogen-bond acceptors (Lipinski definition) is 0. The first-order chi connectivity index (χ1) is 8.06. The SMILES string of the molecule is CC/C=C\C/C=C\C/C=C\CC#C[Si](C)(C)C. The molecule has 0 rings (SSSR count). The second kappa shape index (κ2) is 10.2. The van der Waals surface area contributed by atoms with Crippen LogP contribution in [0, 0.1) is 11.5 Å². The van der Waals surface area contributed by atoms with E-state index < -0.39 is 8.07 Å². The Kier molecular flexibility index (Phi) is 9.57. The van der Waals surface area contributed by atoms with Crippen LogP contribution in [0.25, 0.3) is 0 Å². The highest BCUT2D eigenvalue weighted by Crippen LogP contribution is 1.97. The number of rotatable bonds is 6. The fourth-order valence-corrected chi connectivity index (χ4v) is 1.80. The molecule has 0 aliphatic rings. The van der Waals surface area contributed by atoms with Crippen LogP contribution in [-0.4, -0.2) is 8.07 Å². The molecule has 0 saturated heterocycles. The summed E-state index contributed by atoms with van der Waals surface area (Å²) in [6.45, 7) is 8.98. The fraction of sp³-hybridized carbons (Fsp3) is 0.500. The molecule has 0 aromatic carbocycles. The summed E-state index contributed by atoms with van der Waals surface area (Å²) in [5.74, 6) is 3.23. The molecule has 0 radical (unpaired) electrons. The van der Waals surface area contributed by atoms with Gasteiger partial charge in [-0.1, -0.05) is 63.0 Å². The highest BCUT2D eigenvalue weighted by atomic mass is 28.3. The van der Waals surface area contributed by atoms with Gasteiger partial charge in [-0.3, -0.25) is 0 Å². The third kappa shape index (κ3) is 15.0. The standard InChI is InChI=1S/C16H26Si/c1-5-6-7-8-9-10-11-12-13-14-15-16-17(2,3)4/h6-7,9-10,12-13H,5,8,11,14H2,1-4H3/b7-6-,10-9-,13-12-. The van der Waals surface area contributed by atoms with Crippen LogP contribution < -0.4 is 0 Å². The molecule has 0 aliphatic carbocycles. The van der Waals surface area contributed by atoms with Crippen molar-refractivity contribution >= 4 is 8.07 Å². The molecule has 0 heterocycles. The maximum absolute atomic E-state index is 3.36. The van der Waals surface area contributed by atoms with E-state index in [1.165, 1.54) is 0 Å². The smallest absolute Gasteiger partial charge is 0.129 e. The zero-order valence-corrected chi connectivity index (χ0v) is 12.8. The zero-order valence-electron chi connectivity index (χ0n) is 11.8. The van der Waals surface area contributed by atoms with Crippen LogP contribution >= 0.6 is 0 Å². The van der Waals surface area contributed by atoms with Crippen LogP contribution in [0.1, 0.15) is 32.6 Å². The normalized spacial score (nSPS) is 12.5. The average molecular weight is 246 g/mol. The lowest BCUT2D eigenvalue weighted by atomic mass is 10.2. The first-order valence-electron chi connectivity index (χ1n) is 6.51. The summed E-state index contributed by atoms with van der Waals surface area (Å²) in [5, 5.41) is 0. The number of allylic oxidation sites excluding steroid dienone is 6. The Morgan fingerprint density at radius 2 is 1.35 bits per heavy atom. The highest BCUT2D eigenvalue weighted by Gasteiger charge is 2.06. The minimum Gasteiger partial charge on any atom is -0.132 e. The molecular formula is C16H26Si. The van der Waals surface area contributed by atoms with Crippen molar-refractivity contribution in [3.05, 3.63) is 36.5 Å². The molecule has 0 aromatic heterocycles. The molecule has 0 aliphatic heterocycles. The Bertz CT molecular complexity index is 316. The summed E-state index contributed by atoms with van der Waals surface area (Å²) in [4.78, 5) is 0. The van der Waals surface area contributed by atoms with Gasteiger partial charge in [0.2, 0.25) is 0 Å². The Morgan fingerprint density at radius 1 is 0.824 bits per heavy atom. The molecule has 0 saturated carbocycles. The summed E-state index contributed by atoms with van der Waals surface area (Å²) in [6.07, 6.45) is 17.3. The molecule has 0 unspecified atom stereocenters. The van der Waals surface area contributed by atoms with E-state index in [0.717, 1.165) is 25.7 Å². The maximum Gasteiger partial charge on any atom is 0.129 e. The molecule has 0 amide bonds. The average Bonchev–Trinajstić information content (AvgIpc) is 2.24. The van der Waals surface area contributed by atoms with Crippen LogP contribution in [0.4, 0.5) is 0 Å². The van der Waals surface area contributed by atoms with E-state index in [-0.39, 0.29) is 0 Å². The van der Waals surface area contributed by atoms with E-state index in [2.05, 4.69) is 74.5 Å². The van der Waals surface area contributed by atoms with Crippen molar-refractivity contribution in [1.82, 2.24) is 0 Å². The molecule has 17 heavy (non-hydrogen) atoms. The lowest BCUT2D eigenvalue weighted by Gasteiger charge is -2.02. The predicted octanol–water partition coefficient (Wildman–Crippen LogP) is 5.12. The third-order valence-electron chi connectivity index (χ3n) is 1.96. The van der Waals surface area contributed by atoms with Gasteiger partial charge in [-0.25, -0.2) is 0 Å². The topological polar surface area (TPSA) is 0 Å². The van der Waals surface area contributed by atoms with Crippen molar-refractivity contribution in [3.8, 4) is 11.5 Å². The Hall–Kier alpha value is -1.00. The summed E-state index contributed by atoms with van der Waals surface area (Å²) in [5.41, 5.74) is 3.36. The maximum atomic E-state index is 3.36. The van der Waals surface area contributed by atoms with Crippen molar-refractivity contribution in [3.63, 3.8) is 0 Å². The van der Waals surface area contributed by atoms with Crippen molar-refractivity contribution in [2.45, 2.75) is 52.2 Å². The second-order valence-corrected chi connectivity index (χ2v) is 9.80. The molecule has 94 valence electrons. The monoisotopic (exact) mass is 246 g/mol. The molecule has 0 atom stereocenters. The van der Waals surface area contributed by atoms with Crippen LogP contribution in [0.2, 0.25) is 19.6 Å². The summed E-state index contributed by atoms with van der Waals surface area (Å²) < 4.78 is 0. The lowest BCUT2D eigenvalue weighted by molar-refractivity contribution is 1.19. The highest BCUT2D eigenvalue weighted by molar-refractivity contribution is 6.83. The molecule has 0 spiro atoms. The van der Waals surface area contributed by atoms with E-state index >= 15 is 0 Å². The van der Waals surface area contributed by atoms with Crippen molar-refractivity contribution in [2.75, 3.05) is 0 Å². The lowest BCUT2D eigenvalue weighted by Crippen LogP contribution is -2.16. The van der Waals surface area contributed by atoms with Crippen LogP contribution in [-0.2, 0) is 0 Å². The fourth-order valence-electron chi connectivity index (χ4n) is 1.17. The van der Waals surface area contributed by atoms with Gasteiger partial charge in [0.1, 0.15) is 8.07 Å². The Balaban J connectivity index is 3.61. The zero-order chi connectivity index (χ0) is 13.0. The van der Waals surface area contributed by atoms with Gasteiger partial charge in [-0.15, -0.1) is 11.5 Å². The van der Waals surface area contributed by atoms with Gasteiger partial charge >= 0.3 is 0 Å². The molecule has 0 N–H and O–H groups in total. The predicted molar refractivity (Wildman–Crippen MR) is 82.7 cm³/mol. The minimum absolute atomic E-state index is 0.897. The molecular weight excluding hydrogens is 220 g/mol. The molecule has 1 heteroatoms. The van der Waals surface area contributed by atoms with E-state index in [9.17, 15) is 0 Å². The van der Waals surface area contributed by atoms with Crippen molar-refractivity contribution in [1.29, 1.82) is 0 Å². The van der Waals surface area contributed by atoms with Gasteiger partial charge in [0, 0.05) is 6.42 Å². The summed E-state index contributed by atoms with van der Waals surface area (Å²) >= 11 is 0. The summed E-state index contributed by atoms with van der Waals surface area (Å²) in [7, 11) is -1.17. The van der Waals surface area contributed by atoms with Crippen LogP contribution in [0.3, 0.4) is 0 Å². The van der Waals surface area contributed by atoms with Crippen LogP contribution in [0.15, 0.2) is 36.5 Å². The molecule has 0 fully saturated rings. The minimum atomic E-state index is -1.17. The van der Waals surface area contributed by atoms with Gasteiger partial charge < -0.3 is 0 Å². The summed E-state index contributed by atoms with van der Waals surface area (Å²) in [6, 6.07) is 0. The van der Waals surface area contributed by atoms with Gasteiger partial charge in [0.15, 0.2) is 0 Å². The van der Waals surface area contributed by atoms with Crippen molar-refractivity contribution < 1.29 is 0 Å². The number of hydrogen-bond donors (Lipinski definition) is 0. The van der Waals surface area contributed by atoms with E-state index in [0.29, 0.717) is 0 Å². The van der Waals surface area contributed by atoms with Gasteiger partial charge in [-0.05, 0) is 19.3 Å². The van der Waals surface area contributed by atoms with E-state index in [1.807, 2.05) is 0 Å². The first-order valence-corrected chi connectivity index (χ1v) is 10.0. The molecule has 0 bridgehead atoms. The van der Waals surface area contributed by atoms with Gasteiger partial charge in [0.05, 0.1) is 0 Å². The van der Waals surface area contributed by atoms with Crippen molar-refractivity contribution in [2.24, 2.45) is 0 Å². The quantitative estimate of drug-likeness (QED) is 0.347. The van der Waals surface area contributed by atoms with Gasteiger partial charge in [-0.2, -0.15) is 0 Å². The Labute approximate surface area is 109 Å². The molecule has 0 aromatic rings. The third-order valence-corrected chi connectivity index (χ3v) is 2.89. The second-order valence-electron chi connectivity index (χ2n) is 5.05. The van der Waals surface area contributed by atoms with E-state index in [1.54, 1.807) is 0 Å².